The van der Waals surface area contributed by atoms with Crippen molar-refractivity contribution in [2.75, 3.05) is 24.6 Å². The van der Waals surface area contributed by atoms with Gasteiger partial charge < -0.3 is 28.5 Å². The van der Waals surface area contributed by atoms with Gasteiger partial charge in [0.2, 0.25) is 11.6 Å². The zero-order valence-electron chi connectivity index (χ0n) is 27.9. The first kappa shape index (κ1) is 38.1. The van der Waals surface area contributed by atoms with Gasteiger partial charge in [0, 0.05) is 24.9 Å². The number of rotatable bonds is 23. The van der Waals surface area contributed by atoms with Crippen LogP contribution in [0, 0.1) is 6.92 Å². The average molecular weight is 723 g/mol. The molecule has 0 saturated heterocycles. The third-order valence-corrected chi connectivity index (χ3v) is 14.5. The summed E-state index contributed by atoms with van der Waals surface area (Å²) in [6.45, 7) is 9.68. The largest absolute Gasteiger partial charge is 1.00 e. The van der Waals surface area contributed by atoms with Crippen molar-refractivity contribution in [1.29, 1.82) is 0 Å². The van der Waals surface area contributed by atoms with Crippen LogP contribution < -0.4 is 24.0 Å². The molecule has 4 nitrogen and oxygen atoms in total. The van der Waals surface area contributed by atoms with E-state index in [1.807, 2.05) is 23.6 Å². The quantitative estimate of drug-likeness (QED) is 0.0574. The van der Waals surface area contributed by atoms with E-state index in [1.165, 1.54) is 109 Å². The Labute approximate surface area is 281 Å². The zero-order valence-corrected chi connectivity index (χ0v) is 31.0. The highest BCUT2D eigenvalue weighted by molar-refractivity contribution is 7.75. The lowest BCUT2D eigenvalue weighted by atomic mass is 9.90. The molecule has 1 heterocycles. The maximum absolute atomic E-state index is 13.3. The van der Waals surface area contributed by atoms with Gasteiger partial charge in [0.1, 0.15) is 17.2 Å². The first-order valence-corrected chi connectivity index (χ1v) is 20.1. The predicted molar refractivity (Wildman–Crippen MR) is 182 cm³/mol. The molecule has 0 N–H and O–H groups in total. The van der Waals surface area contributed by atoms with Gasteiger partial charge in [-0.2, -0.15) is 0 Å². The SMILES string of the molecule is CCCCCC[P+](CCCCCC)(CCCCCC)CCCCCCCn1c(C)nc2c1C(=O)c1ccccc1C2=O.[I-]. The van der Waals surface area contributed by atoms with Crippen molar-refractivity contribution in [2.24, 2.45) is 0 Å². The minimum absolute atomic E-state index is 0. The summed E-state index contributed by atoms with van der Waals surface area (Å²) in [5.74, 6) is 0.601. The molecule has 1 aromatic heterocycles. The normalized spacial score (nSPS) is 12.7. The predicted octanol–water partition coefficient (Wildman–Crippen LogP) is 7.68. The Hall–Kier alpha value is -1.07. The van der Waals surface area contributed by atoms with Crippen molar-refractivity contribution < 1.29 is 33.6 Å². The van der Waals surface area contributed by atoms with Gasteiger partial charge in [-0.15, -0.1) is 0 Å². The summed E-state index contributed by atoms with van der Waals surface area (Å²) in [4.78, 5) is 30.8. The van der Waals surface area contributed by atoms with Crippen molar-refractivity contribution in [2.45, 2.75) is 143 Å². The summed E-state index contributed by atoms with van der Waals surface area (Å²) in [6, 6.07) is 7.16. The molecule has 3 rings (SSSR count). The summed E-state index contributed by atoms with van der Waals surface area (Å²) in [6.07, 6.45) is 29.2. The van der Waals surface area contributed by atoms with Crippen molar-refractivity contribution in [1.82, 2.24) is 9.55 Å². The van der Waals surface area contributed by atoms with Crippen LogP contribution in [0.15, 0.2) is 24.3 Å². The van der Waals surface area contributed by atoms with E-state index < -0.39 is 7.26 Å². The number of carbonyl (C=O) groups excluding carboxylic acids is 2. The van der Waals surface area contributed by atoms with Gasteiger partial charge in [-0.25, -0.2) is 4.98 Å². The van der Waals surface area contributed by atoms with Gasteiger partial charge in [0.15, 0.2) is 0 Å². The Bertz CT molecular complexity index is 1080. The van der Waals surface area contributed by atoms with E-state index in [-0.39, 0.29) is 35.5 Å². The second kappa shape index (κ2) is 20.9. The topological polar surface area (TPSA) is 52.0 Å². The van der Waals surface area contributed by atoms with Crippen molar-refractivity contribution in [3.8, 4) is 0 Å². The van der Waals surface area contributed by atoms with Crippen molar-refractivity contribution in [3.63, 3.8) is 0 Å². The number of carbonyl (C=O) groups is 2. The summed E-state index contributed by atoms with van der Waals surface area (Å²) in [5, 5.41) is 0. The molecule has 0 saturated carbocycles. The lowest BCUT2D eigenvalue weighted by Gasteiger charge is -2.28. The number of aryl methyl sites for hydroxylation is 1. The molecule has 1 aliphatic carbocycles. The second-order valence-electron chi connectivity index (χ2n) is 12.9. The van der Waals surface area contributed by atoms with Gasteiger partial charge in [0.25, 0.3) is 0 Å². The molecule has 0 aliphatic heterocycles. The molecule has 0 unspecified atom stereocenters. The summed E-state index contributed by atoms with van der Waals surface area (Å²) in [7, 11) is -0.853. The number of hydrogen-bond acceptors (Lipinski definition) is 3. The van der Waals surface area contributed by atoms with Crippen LogP contribution in [0.3, 0.4) is 0 Å². The van der Waals surface area contributed by atoms with E-state index in [0.717, 1.165) is 18.8 Å². The molecule has 43 heavy (non-hydrogen) atoms. The van der Waals surface area contributed by atoms with Gasteiger partial charge in [0.05, 0.1) is 24.6 Å². The van der Waals surface area contributed by atoms with Crippen LogP contribution in [0.2, 0.25) is 0 Å². The lowest BCUT2D eigenvalue weighted by Crippen LogP contribution is -3.00. The van der Waals surface area contributed by atoms with E-state index in [9.17, 15) is 9.59 Å². The van der Waals surface area contributed by atoms with E-state index in [4.69, 9.17) is 0 Å². The molecule has 0 fully saturated rings. The maximum Gasteiger partial charge on any atom is 0.214 e. The fourth-order valence-electron chi connectivity index (χ4n) is 6.90. The Morgan fingerprint density at radius 2 is 1.02 bits per heavy atom. The molecule has 2 aromatic rings. The Kier molecular flexibility index (Phi) is 18.5. The third-order valence-electron chi connectivity index (χ3n) is 9.48. The summed E-state index contributed by atoms with van der Waals surface area (Å²) in [5.41, 5.74) is 1.84. The molecule has 1 aromatic carbocycles. The van der Waals surface area contributed by atoms with Gasteiger partial charge in [-0.05, 0) is 64.7 Å². The number of benzene rings is 1. The standard InChI is InChI=1S/C37H60N2O2P.HI/c1-5-8-11-20-27-42(28-21-12-9-6-2,29-22-13-10-7-3)30-23-16-14-15-19-26-39-31(4)38-34-35(39)37(41)33-25-18-17-24-32(33)36(34)40;/h17-18,24-25H,5-16,19-23,26-30H2,1-4H3;1H/q+1;/p-1. The van der Waals surface area contributed by atoms with Gasteiger partial charge in [-0.3, -0.25) is 9.59 Å². The van der Waals surface area contributed by atoms with Crippen LogP contribution in [0.25, 0.3) is 0 Å². The molecule has 0 radical (unpaired) electrons. The molecule has 1 aliphatic rings. The first-order chi connectivity index (χ1) is 20.5. The van der Waals surface area contributed by atoms with Crippen LogP contribution in [0.5, 0.6) is 0 Å². The molecule has 6 heteroatoms. The fourth-order valence-corrected chi connectivity index (χ4v) is 11.8. The number of unbranched alkanes of at least 4 members (excludes halogenated alkanes) is 13. The zero-order chi connectivity index (χ0) is 30.2. The van der Waals surface area contributed by atoms with Crippen molar-refractivity contribution in [3.05, 3.63) is 52.6 Å². The monoisotopic (exact) mass is 722 g/mol. The molecular weight excluding hydrogens is 662 g/mol. The van der Waals surface area contributed by atoms with Crippen LogP contribution in [-0.2, 0) is 6.54 Å². The molecule has 0 amide bonds. The highest BCUT2D eigenvalue weighted by atomic mass is 127. The van der Waals surface area contributed by atoms with E-state index in [2.05, 4.69) is 25.8 Å². The highest BCUT2D eigenvalue weighted by Gasteiger charge is 2.36. The average Bonchev–Trinajstić information content (AvgIpc) is 3.34. The van der Waals surface area contributed by atoms with Crippen LogP contribution in [0.4, 0.5) is 0 Å². The van der Waals surface area contributed by atoms with Crippen molar-refractivity contribution >= 4 is 18.8 Å². The Morgan fingerprint density at radius 3 is 1.51 bits per heavy atom. The molecule has 242 valence electrons. The van der Waals surface area contributed by atoms with Gasteiger partial charge >= 0.3 is 0 Å². The lowest BCUT2D eigenvalue weighted by molar-refractivity contribution is -0.0000230. The van der Waals surface area contributed by atoms with Gasteiger partial charge in [-0.1, -0.05) is 96.4 Å². The van der Waals surface area contributed by atoms with Crippen LogP contribution in [0.1, 0.15) is 168 Å². The number of fused-ring (bicyclic) bond motifs is 2. The third kappa shape index (κ3) is 11.3. The summed E-state index contributed by atoms with van der Waals surface area (Å²) < 4.78 is 2.00. The molecule has 0 atom stereocenters. The Balaban J connectivity index is 0.00000645. The Morgan fingerprint density at radius 1 is 0.605 bits per heavy atom. The van der Waals surface area contributed by atoms with Crippen LogP contribution in [-0.4, -0.2) is 45.8 Å². The molecule has 0 bridgehead atoms. The number of hydrogen-bond donors (Lipinski definition) is 0. The number of halogens is 1. The number of imidazole rings is 1. The fraction of sp³-hybridized carbons (Fsp3) is 0.703. The smallest absolute Gasteiger partial charge is 0.214 e. The number of ketones is 2. The molecular formula is C37H60IN2O2P. The molecule has 0 spiro atoms. The number of aromatic nitrogens is 2. The first-order valence-electron chi connectivity index (χ1n) is 17.6. The minimum Gasteiger partial charge on any atom is -1.00 e. The summed E-state index contributed by atoms with van der Waals surface area (Å²) >= 11 is 0. The van der Waals surface area contributed by atoms with E-state index in [1.54, 1.807) is 30.6 Å². The van der Waals surface area contributed by atoms with E-state index in [0.29, 0.717) is 22.5 Å². The number of nitrogens with zero attached hydrogens (tertiary/aromatic N) is 2. The van der Waals surface area contributed by atoms with Crippen LogP contribution >= 0.6 is 7.26 Å². The second-order valence-corrected chi connectivity index (χ2v) is 17.4. The van der Waals surface area contributed by atoms with E-state index >= 15 is 0 Å². The highest BCUT2D eigenvalue weighted by Crippen LogP contribution is 2.61. The maximum atomic E-state index is 13.3. The minimum atomic E-state index is -0.853.